The molecule has 1 aliphatic heterocycles. The van der Waals surface area contributed by atoms with Crippen LogP contribution < -0.4 is 10.6 Å². The Morgan fingerprint density at radius 3 is 2.50 bits per heavy atom. The maximum Gasteiger partial charge on any atom is 0.325 e. The van der Waals surface area contributed by atoms with Crippen LogP contribution in [0.3, 0.4) is 0 Å². The fourth-order valence-electron chi connectivity index (χ4n) is 4.03. The van der Waals surface area contributed by atoms with E-state index < -0.39 is 23.4 Å². The van der Waals surface area contributed by atoms with Gasteiger partial charge in [-0.15, -0.1) is 0 Å². The Hall–Kier alpha value is -3.68. The van der Waals surface area contributed by atoms with Crippen molar-refractivity contribution < 1.29 is 19.2 Å². The van der Waals surface area contributed by atoms with Crippen molar-refractivity contribution in [1.82, 2.24) is 15.1 Å². The molecule has 8 nitrogen and oxygen atoms in total. The average molecular weight is 406 g/mol. The highest BCUT2D eigenvalue weighted by Crippen LogP contribution is 2.41. The Morgan fingerprint density at radius 2 is 1.80 bits per heavy atom. The molecular weight excluding hydrogens is 384 g/mol. The Bertz CT molecular complexity index is 1050. The first-order valence-electron chi connectivity index (χ1n) is 9.66. The molecule has 5 amide bonds. The van der Waals surface area contributed by atoms with Crippen LogP contribution in [-0.4, -0.2) is 54.2 Å². The van der Waals surface area contributed by atoms with E-state index >= 15 is 0 Å². The second-order valence-corrected chi connectivity index (χ2v) is 7.71. The van der Waals surface area contributed by atoms with Crippen LogP contribution in [0.15, 0.2) is 48.5 Å². The Balaban J connectivity index is 1.45. The zero-order valence-electron chi connectivity index (χ0n) is 16.8. The van der Waals surface area contributed by atoms with Crippen molar-refractivity contribution in [2.24, 2.45) is 0 Å². The Labute approximate surface area is 173 Å². The largest absolute Gasteiger partial charge is 0.345 e. The van der Waals surface area contributed by atoms with E-state index in [2.05, 4.69) is 10.6 Å². The standard InChI is InChI=1S/C22H22N4O4/c1-25(2)19(28)15-7-9-16(10-8-15)23-18(27)13-26-20(29)22(24-21(26)30)12-11-14-5-3-4-6-17(14)22/h3-10H,11-13H2,1-2H3,(H,23,27)(H,24,30)/t22-/m0/s1. The smallest absolute Gasteiger partial charge is 0.325 e. The van der Waals surface area contributed by atoms with Crippen molar-refractivity contribution in [3.63, 3.8) is 0 Å². The van der Waals surface area contributed by atoms with Crippen LogP contribution in [0.25, 0.3) is 0 Å². The van der Waals surface area contributed by atoms with Crippen LogP contribution in [0.4, 0.5) is 10.5 Å². The van der Waals surface area contributed by atoms with Gasteiger partial charge in [-0.3, -0.25) is 19.3 Å². The van der Waals surface area contributed by atoms with Crippen LogP contribution in [0.1, 0.15) is 27.9 Å². The number of aryl methyl sites for hydroxylation is 1. The fraction of sp³-hybridized carbons (Fsp3) is 0.273. The molecule has 154 valence electrons. The first-order valence-corrected chi connectivity index (χ1v) is 9.66. The summed E-state index contributed by atoms with van der Waals surface area (Å²) in [6.45, 7) is -0.382. The van der Waals surface area contributed by atoms with Gasteiger partial charge >= 0.3 is 6.03 Å². The summed E-state index contributed by atoms with van der Waals surface area (Å²) in [5.41, 5.74) is 1.72. The van der Waals surface area contributed by atoms with Crippen molar-refractivity contribution >= 4 is 29.4 Å². The normalized spacial score (nSPS) is 19.6. The molecule has 1 atom stereocenters. The Morgan fingerprint density at radius 1 is 1.10 bits per heavy atom. The number of carbonyl (C=O) groups excluding carboxylic acids is 4. The van der Waals surface area contributed by atoms with Gasteiger partial charge in [0.15, 0.2) is 0 Å². The van der Waals surface area contributed by atoms with Crippen LogP contribution >= 0.6 is 0 Å². The van der Waals surface area contributed by atoms with E-state index in [1.165, 1.54) is 4.90 Å². The third-order valence-corrected chi connectivity index (χ3v) is 5.55. The minimum Gasteiger partial charge on any atom is -0.345 e. The van der Waals surface area contributed by atoms with E-state index in [9.17, 15) is 19.2 Å². The lowest BCUT2D eigenvalue weighted by atomic mass is 9.92. The number of rotatable bonds is 4. The molecule has 1 fully saturated rings. The number of carbonyl (C=O) groups is 4. The van der Waals surface area contributed by atoms with Gasteiger partial charge in [0.2, 0.25) is 5.91 Å². The second kappa shape index (κ2) is 7.29. The van der Waals surface area contributed by atoms with Gasteiger partial charge in [0.1, 0.15) is 12.1 Å². The lowest BCUT2D eigenvalue weighted by molar-refractivity contribution is -0.134. The summed E-state index contributed by atoms with van der Waals surface area (Å²) in [6.07, 6.45) is 1.18. The monoisotopic (exact) mass is 406 g/mol. The highest BCUT2D eigenvalue weighted by molar-refractivity contribution is 6.11. The SMILES string of the molecule is CN(C)C(=O)c1ccc(NC(=O)CN2C(=O)N[C@]3(CCc4ccccc43)C2=O)cc1. The summed E-state index contributed by atoms with van der Waals surface area (Å²) in [5.74, 6) is -1.04. The topological polar surface area (TPSA) is 98.8 Å². The van der Waals surface area contributed by atoms with Crippen molar-refractivity contribution in [3.05, 3.63) is 65.2 Å². The number of imide groups is 1. The van der Waals surface area contributed by atoms with E-state index in [-0.39, 0.29) is 12.5 Å². The van der Waals surface area contributed by atoms with Crippen LogP contribution in [0, 0.1) is 0 Å². The zero-order valence-corrected chi connectivity index (χ0v) is 16.8. The molecule has 0 aromatic heterocycles. The molecule has 30 heavy (non-hydrogen) atoms. The van der Waals surface area contributed by atoms with E-state index in [0.29, 0.717) is 24.1 Å². The molecule has 0 radical (unpaired) electrons. The first-order chi connectivity index (χ1) is 14.3. The van der Waals surface area contributed by atoms with Gasteiger partial charge in [-0.25, -0.2) is 4.79 Å². The number of fused-ring (bicyclic) bond motifs is 2. The summed E-state index contributed by atoms with van der Waals surface area (Å²) in [4.78, 5) is 52.4. The summed E-state index contributed by atoms with van der Waals surface area (Å²) in [5, 5.41) is 5.47. The minimum absolute atomic E-state index is 0.144. The molecule has 2 aromatic rings. The van der Waals surface area contributed by atoms with Crippen molar-refractivity contribution in [3.8, 4) is 0 Å². The number of benzene rings is 2. The molecular formula is C22H22N4O4. The Kier molecular flexibility index (Phi) is 4.77. The third-order valence-electron chi connectivity index (χ3n) is 5.55. The lowest BCUT2D eigenvalue weighted by Crippen LogP contribution is -2.43. The maximum atomic E-state index is 13.1. The molecule has 1 saturated heterocycles. The van der Waals surface area contributed by atoms with Crippen LogP contribution in [0.2, 0.25) is 0 Å². The van der Waals surface area contributed by atoms with Crippen LogP contribution in [-0.2, 0) is 21.5 Å². The van der Waals surface area contributed by atoms with Gasteiger partial charge in [0.25, 0.3) is 11.8 Å². The van der Waals surface area contributed by atoms with Gasteiger partial charge in [-0.2, -0.15) is 0 Å². The lowest BCUT2D eigenvalue weighted by Gasteiger charge is -2.22. The highest BCUT2D eigenvalue weighted by Gasteiger charge is 2.55. The molecule has 0 saturated carbocycles. The number of nitrogens with zero attached hydrogens (tertiary/aromatic N) is 2. The maximum absolute atomic E-state index is 13.1. The number of hydrogen-bond donors (Lipinski definition) is 2. The molecule has 4 rings (SSSR count). The van der Waals surface area contributed by atoms with Gasteiger partial charge in [-0.1, -0.05) is 24.3 Å². The molecule has 0 bridgehead atoms. The van der Waals surface area contributed by atoms with E-state index in [1.54, 1.807) is 38.4 Å². The predicted octanol–water partition coefficient (Wildman–Crippen LogP) is 1.72. The van der Waals surface area contributed by atoms with Crippen molar-refractivity contribution in [1.29, 1.82) is 0 Å². The molecule has 8 heteroatoms. The number of hydrogen-bond acceptors (Lipinski definition) is 4. The molecule has 1 spiro atoms. The van der Waals surface area contributed by atoms with E-state index in [0.717, 1.165) is 16.0 Å². The molecule has 2 aliphatic rings. The molecule has 2 N–H and O–H groups in total. The summed E-state index contributed by atoms with van der Waals surface area (Å²) in [7, 11) is 3.32. The predicted molar refractivity (Wildman–Crippen MR) is 110 cm³/mol. The average Bonchev–Trinajstić information content (AvgIpc) is 3.21. The number of amides is 5. The zero-order chi connectivity index (χ0) is 21.5. The fourth-order valence-corrected chi connectivity index (χ4v) is 4.03. The number of nitrogens with one attached hydrogen (secondary N) is 2. The highest BCUT2D eigenvalue weighted by atomic mass is 16.2. The molecule has 1 heterocycles. The minimum atomic E-state index is -1.08. The summed E-state index contributed by atoms with van der Waals surface area (Å²) in [6, 6.07) is 13.4. The van der Waals surface area contributed by atoms with Crippen LogP contribution in [0.5, 0.6) is 0 Å². The molecule has 2 aromatic carbocycles. The van der Waals surface area contributed by atoms with Gasteiger partial charge in [0.05, 0.1) is 0 Å². The number of urea groups is 1. The van der Waals surface area contributed by atoms with Crippen molar-refractivity contribution in [2.75, 3.05) is 26.0 Å². The van der Waals surface area contributed by atoms with E-state index in [1.807, 2.05) is 24.3 Å². The summed E-state index contributed by atoms with van der Waals surface area (Å²) >= 11 is 0. The second-order valence-electron chi connectivity index (χ2n) is 7.71. The number of anilines is 1. The van der Waals surface area contributed by atoms with Gasteiger partial charge < -0.3 is 15.5 Å². The quantitative estimate of drug-likeness (QED) is 0.756. The van der Waals surface area contributed by atoms with Crippen molar-refractivity contribution in [2.45, 2.75) is 18.4 Å². The van der Waals surface area contributed by atoms with Gasteiger partial charge in [-0.05, 0) is 48.2 Å². The summed E-state index contributed by atoms with van der Waals surface area (Å²) < 4.78 is 0. The van der Waals surface area contributed by atoms with E-state index in [4.69, 9.17) is 0 Å². The first kappa shape index (κ1) is 19.6. The van der Waals surface area contributed by atoms with Gasteiger partial charge in [0, 0.05) is 25.3 Å². The molecule has 1 aliphatic carbocycles. The third kappa shape index (κ3) is 3.20. The molecule has 0 unspecified atom stereocenters.